The van der Waals surface area contributed by atoms with Crippen molar-refractivity contribution in [3.63, 3.8) is 0 Å². The van der Waals surface area contributed by atoms with Crippen LogP contribution in [-0.4, -0.2) is 52.5 Å². The minimum absolute atomic E-state index is 0.109. The highest BCUT2D eigenvalue weighted by atomic mass is 16.2. The summed E-state index contributed by atoms with van der Waals surface area (Å²) in [6.45, 7) is 0.743. The van der Waals surface area contributed by atoms with Crippen LogP contribution in [0.2, 0.25) is 0 Å². The molecule has 7 heteroatoms. The first-order valence-corrected chi connectivity index (χ1v) is 9.34. The first kappa shape index (κ1) is 19.7. The summed E-state index contributed by atoms with van der Waals surface area (Å²) in [7, 11) is 4.01. The Morgan fingerprint density at radius 3 is 2.57 bits per heavy atom. The number of amides is 1. The van der Waals surface area contributed by atoms with Gasteiger partial charge >= 0.3 is 0 Å². The predicted molar refractivity (Wildman–Crippen MR) is 109 cm³/mol. The fourth-order valence-electron chi connectivity index (χ4n) is 3.02. The smallest absolute Gasteiger partial charge is 0.277 e. The largest absolute Gasteiger partial charge is 0.354 e. The van der Waals surface area contributed by atoms with E-state index in [4.69, 9.17) is 0 Å². The number of aryl methyl sites for hydroxylation is 1. The van der Waals surface area contributed by atoms with Crippen LogP contribution in [0.15, 0.2) is 59.4 Å². The van der Waals surface area contributed by atoms with Crippen LogP contribution in [0.1, 0.15) is 12.0 Å². The van der Waals surface area contributed by atoms with E-state index in [1.807, 2.05) is 38.4 Å². The lowest BCUT2D eigenvalue weighted by Gasteiger charge is -2.24. The molecule has 28 heavy (non-hydrogen) atoms. The number of fused-ring (bicyclic) bond motifs is 1. The zero-order chi connectivity index (χ0) is 19.9. The van der Waals surface area contributed by atoms with E-state index < -0.39 is 0 Å². The average Bonchev–Trinajstić information content (AvgIpc) is 2.71. The molecule has 1 unspecified atom stereocenters. The van der Waals surface area contributed by atoms with Gasteiger partial charge in [0, 0.05) is 19.0 Å². The second-order valence-corrected chi connectivity index (χ2v) is 7.00. The Labute approximate surface area is 164 Å². The zero-order valence-corrected chi connectivity index (χ0v) is 16.2. The number of likely N-dealkylation sites (N-methyl/N-ethyl adjacent to an activating group) is 1. The number of aromatic nitrogens is 3. The van der Waals surface area contributed by atoms with Gasteiger partial charge in [-0.3, -0.25) is 9.59 Å². The van der Waals surface area contributed by atoms with Crippen LogP contribution in [0.25, 0.3) is 10.9 Å². The maximum atomic E-state index is 12.4. The molecule has 146 valence electrons. The quantitative estimate of drug-likeness (QED) is 0.641. The van der Waals surface area contributed by atoms with Gasteiger partial charge < -0.3 is 10.2 Å². The molecule has 0 aliphatic heterocycles. The summed E-state index contributed by atoms with van der Waals surface area (Å²) in [6.07, 6.45) is 1.03. The van der Waals surface area contributed by atoms with Gasteiger partial charge in [-0.05, 0) is 38.2 Å². The highest BCUT2D eigenvalue weighted by Gasteiger charge is 2.14. The monoisotopic (exact) mass is 379 g/mol. The number of carbonyl (C=O) groups is 1. The molecular formula is C21H25N5O2. The van der Waals surface area contributed by atoms with Crippen molar-refractivity contribution in [2.75, 3.05) is 20.6 Å². The lowest BCUT2D eigenvalue weighted by molar-refractivity contribution is -0.121. The fourth-order valence-corrected chi connectivity index (χ4v) is 3.02. The van der Waals surface area contributed by atoms with E-state index in [-0.39, 0.29) is 30.5 Å². The Bertz CT molecular complexity index is 985. The van der Waals surface area contributed by atoms with Crippen LogP contribution >= 0.6 is 0 Å². The van der Waals surface area contributed by atoms with Crippen LogP contribution < -0.4 is 10.9 Å². The van der Waals surface area contributed by atoms with Gasteiger partial charge in [-0.1, -0.05) is 47.7 Å². The SMILES string of the molecule is CN(C)C(CNC(=O)CCn1nnc2ccccc2c1=O)Cc1ccccc1. The summed E-state index contributed by atoms with van der Waals surface area (Å²) in [4.78, 5) is 26.8. The summed E-state index contributed by atoms with van der Waals surface area (Å²) in [5, 5.41) is 11.4. The van der Waals surface area contributed by atoms with Gasteiger partial charge in [0.25, 0.3) is 5.56 Å². The van der Waals surface area contributed by atoms with Gasteiger partial charge in [0.1, 0.15) is 5.52 Å². The first-order valence-electron chi connectivity index (χ1n) is 9.34. The fraction of sp³-hybridized carbons (Fsp3) is 0.333. The third kappa shape index (κ3) is 5.01. The number of carbonyl (C=O) groups excluding carboxylic acids is 1. The molecule has 1 amide bonds. The number of hydrogen-bond acceptors (Lipinski definition) is 5. The van der Waals surface area contributed by atoms with E-state index in [2.05, 4.69) is 32.7 Å². The molecule has 0 radical (unpaired) electrons. The van der Waals surface area contributed by atoms with Crippen LogP contribution in [-0.2, 0) is 17.8 Å². The summed E-state index contributed by atoms with van der Waals surface area (Å²) >= 11 is 0. The maximum Gasteiger partial charge on any atom is 0.277 e. The van der Waals surface area contributed by atoms with E-state index in [1.54, 1.807) is 18.2 Å². The molecule has 0 aliphatic rings. The van der Waals surface area contributed by atoms with Gasteiger partial charge in [0.05, 0.1) is 11.9 Å². The summed E-state index contributed by atoms with van der Waals surface area (Å²) in [5.74, 6) is -0.109. The van der Waals surface area contributed by atoms with E-state index in [0.29, 0.717) is 17.4 Å². The van der Waals surface area contributed by atoms with Crippen LogP contribution in [0.3, 0.4) is 0 Å². The van der Waals surface area contributed by atoms with Gasteiger partial charge in [-0.25, -0.2) is 4.68 Å². The molecule has 0 spiro atoms. The average molecular weight is 379 g/mol. The topological polar surface area (TPSA) is 80.1 Å². The zero-order valence-electron chi connectivity index (χ0n) is 16.2. The van der Waals surface area contributed by atoms with Crippen LogP contribution in [0.4, 0.5) is 0 Å². The third-order valence-electron chi connectivity index (χ3n) is 4.76. The van der Waals surface area contributed by atoms with E-state index >= 15 is 0 Å². The second kappa shape index (κ2) is 9.23. The van der Waals surface area contributed by atoms with Crippen molar-refractivity contribution in [3.05, 3.63) is 70.5 Å². The normalized spacial score (nSPS) is 12.2. The Morgan fingerprint density at radius 1 is 1.11 bits per heavy atom. The molecule has 0 fully saturated rings. The Hall–Kier alpha value is -3.06. The van der Waals surface area contributed by atoms with Crippen molar-refractivity contribution in [1.29, 1.82) is 0 Å². The molecule has 7 nitrogen and oxygen atoms in total. The van der Waals surface area contributed by atoms with Crippen molar-refractivity contribution < 1.29 is 4.79 Å². The van der Waals surface area contributed by atoms with E-state index in [0.717, 1.165) is 6.42 Å². The lowest BCUT2D eigenvalue weighted by Crippen LogP contribution is -2.42. The van der Waals surface area contributed by atoms with Gasteiger partial charge in [0.2, 0.25) is 5.91 Å². The van der Waals surface area contributed by atoms with E-state index in [1.165, 1.54) is 10.2 Å². The standard InChI is InChI=1S/C21H25N5O2/c1-25(2)17(14-16-8-4-3-5-9-16)15-22-20(27)12-13-26-21(28)18-10-6-7-11-19(18)23-24-26/h3-11,17H,12-15H2,1-2H3,(H,22,27). The summed E-state index contributed by atoms with van der Waals surface area (Å²) < 4.78 is 1.25. The van der Waals surface area contributed by atoms with Crippen LogP contribution in [0, 0.1) is 0 Å². The second-order valence-electron chi connectivity index (χ2n) is 7.00. The Morgan fingerprint density at radius 2 is 1.82 bits per heavy atom. The summed E-state index contributed by atoms with van der Waals surface area (Å²) in [6, 6.07) is 17.4. The van der Waals surface area contributed by atoms with Crippen molar-refractivity contribution in [1.82, 2.24) is 25.2 Å². The molecular weight excluding hydrogens is 354 g/mol. The molecule has 1 N–H and O–H groups in total. The predicted octanol–water partition coefficient (Wildman–Crippen LogP) is 1.47. The molecule has 3 aromatic rings. The summed E-state index contributed by atoms with van der Waals surface area (Å²) in [5.41, 5.74) is 1.56. The third-order valence-corrected chi connectivity index (χ3v) is 4.76. The van der Waals surface area contributed by atoms with Gasteiger partial charge in [-0.15, -0.1) is 5.10 Å². The molecule has 1 heterocycles. The number of hydrogen-bond donors (Lipinski definition) is 1. The number of rotatable bonds is 8. The number of benzene rings is 2. The molecule has 0 aliphatic carbocycles. The lowest BCUT2D eigenvalue weighted by atomic mass is 10.1. The molecule has 1 atom stereocenters. The minimum atomic E-state index is -0.228. The van der Waals surface area contributed by atoms with Crippen LogP contribution in [0.5, 0.6) is 0 Å². The Kier molecular flexibility index (Phi) is 6.49. The first-order chi connectivity index (χ1) is 13.5. The molecule has 0 bridgehead atoms. The van der Waals surface area contributed by atoms with E-state index in [9.17, 15) is 9.59 Å². The highest BCUT2D eigenvalue weighted by Crippen LogP contribution is 2.06. The van der Waals surface area contributed by atoms with Gasteiger partial charge in [0.15, 0.2) is 0 Å². The minimum Gasteiger partial charge on any atom is -0.354 e. The molecule has 0 saturated heterocycles. The molecule has 0 saturated carbocycles. The number of nitrogens with one attached hydrogen (secondary N) is 1. The van der Waals surface area contributed by atoms with Crippen molar-refractivity contribution in [3.8, 4) is 0 Å². The van der Waals surface area contributed by atoms with Gasteiger partial charge in [-0.2, -0.15) is 0 Å². The molecule has 2 aromatic carbocycles. The number of nitrogens with zero attached hydrogens (tertiary/aromatic N) is 4. The molecule has 1 aromatic heterocycles. The van der Waals surface area contributed by atoms with Crippen molar-refractivity contribution >= 4 is 16.8 Å². The van der Waals surface area contributed by atoms with Crippen molar-refractivity contribution in [2.45, 2.75) is 25.4 Å². The van der Waals surface area contributed by atoms with Crippen molar-refractivity contribution in [2.24, 2.45) is 0 Å². The highest BCUT2D eigenvalue weighted by molar-refractivity contribution is 5.77. The molecule has 3 rings (SSSR count). The maximum absolute atomic E-state index is 12.4. The Balaban J connectivity index is 1.55.